The number of rotatable bonds is 7. The number of anilines is 1. The highest BCUT2D eigenvalue weighted by Gasteiger charge is 2.48. The molecule has 1 atom stereocenters. The molecule has 1 fully saturated rings. The highest BCUT2D eigenvalue weighted by atomic mass is 32.2. The number of aliphatic hydroxyl groups is 1. The van der Waals surface area contributed by atoms with Crippen molar-refractivity contribution in [3.8, 4) is 0 Å². The van der Waals surface area contributed by atoms with E-state index in [1.165, 1.54) is 16.2 Å². The molecule has 1 aromatic heterocycles. The van der Waals surface area contributed by atoms with Gasteiger partial charge in [-0.3, -0.25) is 14.5 Å². The summed E-state index contributed by atoms with van der Waals surface area (Å²) in [7, 11) is 0. The molecule has 1 aliphatic rings. The number of Topliss-reactive ketones (excluding diaryl/α,β-unsaturated/α-hetero) is 1. The average Bonchev–Trinajstić information content (AvgIpc) is 3.40. The summed E-state index contributed by atoms with van der Waals surface area (Å²) in [6.45, 7) is 6.09. The summed E-state index contributed by atoms with van der Waals surface area (Å²) in [5.41, 5.74) is 3.46. The van der Waals surface area contributed by atoms with Gasteiger partial charge in [-0.1, -0.05) is 91.0 Å². The Morgan fingerprint density at radius 2 is 1.76 bits per heavy atom. The zero-order valence-electron chi connectivity index (χ0n) is 18.7. The second-order valence-electron chi connectivity index (χ2n) is 7.83. The molecule has 1 aliphatic heterocycles. The first-order valence-corrected chi connectivity index (χ1v) is 12.7. The van der Waals surface area contributed by atoms with Crippen LogP contribution in [0.3, 0.4) is 0 Å². The molecule has 2 heterocycles. The van der Waals surface area contributed by atoms with Gasteiger partial charge in [-0.25, -0.2) is 0 Å². The summed E-state index contributed by atoms with van der Waals surface area (Å²) in [6.07, 6.45) is 1.86. The van der Waals surface area contributed by atoms with Crippen LogP contribution in [0.2, 0.25) is 0 Å². The van der Waals surface area contributed by atoms with E-state index in [9.17, 15) is 14.7 Å². The number of aryl methyl sites for hydroxylation is 2. The van der Waals surface area contributed by atoms with Gasteiger partial charge in [0.15, 0.2) is 4.34 Å². The summed E-state index contributed by atoms with van der Waals surface area (Å²) in [5.74, 6) is -0.736. The van der Waals surface area contributed by atoms with Crippen LogP contribution < -0.4 is 4.90 Å². The van der Waals surface area contributed by atoms with Crippen LogP contribution in [0.25, 0.3) is 5.76 Å². The van der Waals surface area contributed by atoms with Crippen molar-refractivity contribution in [3.63, 3.8) is 0 Å². The minimum atomic E-state index is -0.783. The Labute approximate surface area is 201 Å². The molecule has 1 amide bonds. The molecule has 2 aromatic carbocycles. The lowest BCUT2D eigenvalue weighted by Crippen LogP contribution is -2.29. The number of hydrogen-bond acceptors (Lipinski definition) is 7. The van der Waals surface area contributed by atoms with Gasteiger partial charge >= 0.3 is 5.91 Å². The number of aliphatic hydroxyl groups excluding tert-OH is 1. The molecule has 3 aromatic rings. The zero-order valence-corrected chi connectivity index (χ0v) is 20.4. The molecule has 4 rings (SSSR count). The molecule has 0 saturated carbocycles. The summed E-state index contributed by atoms with van der Waals surface area (Å²) < 4.78 is 0.743. The topological polar surface area (TPSA) is 83.4 Å². The molecule has 33 heavy (non-hydrogen) atoms. The zero-order chi connectivity index (χ0) is 23.5. The van der Waals surface area contributed by atoms with Crippen LogP contribution in [-0.4, -0.2) is 32.7 Å². The van der Waals surface area contributed by atoms with E-state index in [0.29, 0.717) is 10.7 Å². The van der Waals surface area contributed by atoms with Gasteiger partial charge in [0.2, 0.25) is 5.13 Å². The van der Waals surface area contributed by atoms with Crippen molar-refractivity contribution < 1.29 is 14.7 Å². The normalized spacial score (nSPS) is 17.7. The predicted octanol–water partition coefficient (Wildman–Crippen LogP) is 5.54. The minimum absolute atomic E-state index is 0.0612. The monoisotopic (exact) mass is 479 g/mol. The fourth-order valence-corrected chi connectivity index (χ4v) is 5.49. The molecule has 8 heteroatoms. The van der Waals surface area contributed by atoms with Gasteiger partial charge < -0.3 is 5.11 Å². The largest absolute Gasteiger partial charge is 0.507 e. The van der Waals surface area contributed by atoms with Crippen molar-refractivity contribution in [2.24, 2.45) is 0 Å². The van der Waals surface area contributed by atoms with E-state index in [4.69, 9.17) is 0 Å². The Balaban J connectivity index is 1.85. The van der Waals surface area contributed by atoms with Crippen LogP contribution in [-0.2, 0) is 16.0 Å². The molecule has 0 bridgehead atoms. The maximum atomic E-state index is 13.2. The number of carbonyl (C=O) groups is 2. The highest BCUT2D eigenvalue weighted by molar-refractivity contribution is 8.01. The predicted molar refractivity (Wildman–Crippen MR) is 133 cm³/mol. The first-order valence-electron chi connectivity index (χ1n) is 10.9. The quantitative estimate of drug-likeness (QED) is 0.158. The number of thioether (sulfide) groups is 1. The lowest BCUT2D eigenvalue weighted by molar-refractivity contribution is -0.132. The SMILES string of the molecule is CCCSc1nnc(N2C(=O)C(=O)C(=C(O)c3ccc(C)cc3)[C@@H]2c2ccc(CC)cc2)s1. The average molecular weight is 480 g/mol. The summed E-state index contributed by atoms with van der Waals surface area (Å²) in [4.78, 5) is 27.8. The Morgan fingerprint density at radius 1 is 1.06 bits per heavy atom. The Kier molecular flexibility index (Phi) is 6.95. The maximum absolute atomic E-state index is 13.2. The molecule has 0 unspecified atom stereocenters. The van der Waals surface area contributed by atoms with Gasteiger partial charge in [0.05, 0.1) is 11.6 Å². The molecular weight excluding hydrogens is 454 g/mol. The number of ketones is 1. The van der Waals surface area contributed by atoms with Gasteiger partial charge in [-0.2, -0.15) is 0 Å². The van der Waals surface area contributed by atoms with Crippen LogP contribution in [0.5, 0.6) is 0 Å². The van der Waals surface area contributed by atoms with E-state index in [2.05, 4.69) is 24.0 Å². The van der Waals surface area contributed by atoms with Crippen molar-refractivity contribution in [1.82, 2.24) is 10.2 Å². The molecule has 0 aliphatic carbocycles. The first kappa shape index (κ1) is 23.2. The number of nitrogens with zero attached hydrogens (tertiary/aromatic N) is 3. The standard InChI is InChI=1S/C25H25N3O3S2/c1-4-14-32-25-27-26-24(33-25)28-20(17-12-8-16(5-2)9-13-17)19(22(30)23(28)31)21(29)18-10-6-15(3)7-11-18/h6-13,20,29H,4-5,14H2,1-3H3/t20-/m0/s1. The van der Waals surface area contributed by atoms with Crippen LogP contribution >= 0.6 is 23.1 Å². The molecule has 0 spiro atoms. The first-order chi connectivity index (χ1) is 15.9. The number of hydrogen-bond donors (Lipinski definition) is 1. The van der Waals surface area contributed by atoms with Gasteiger partial charge in [0.1, 0.15) is 5.76 Å². The molecule has 0 radical (unpaired) electrons. The third-order valence-corrected chi connectivity index (χ3v) is 7.77. The van der Waals surface area contributed by atoms with Crippen LogP contribution in [0.4, 0.5) is 5.13 Å². The Hall–Kier alpha value is -2.97. The van der Waals surface area contributed by atoms with E-state index in [0.717, 1.165) is 39.6 Å². The van der Waals surface area contributed by atoms with Crippen molar-refractivity contribution >= 4 is 45.7 Å². The molecule has 6 nitrogen and oxygen atoms in total. The van der Waals surface area contributed by atoms with Crippen LogP contribution in [0, 0.1) is 6.92 Å². The Bertz CT molecular complexity index is 1200. The van der Waals surface area contributed by atoms with E-state index >= 15 is 0 Å². The number of aromatic nitrogens is 2. The second-order valence-corrected chi connectivity index (χ2v) is 10.1. The van der Waals surface area contributed by atoms with E-state index < -0.39 is 17.7 Å². The fourth-order valence-electron chi connectivity index (χ4n) is 3.70. The molecule has 1 N–H and O–H groups in total. The van der Waals surface area contributed by atoms with Crippen LogP contribution in [0.1, 0.15) is 48.6 Å². The summed E-state index contributed by atoms with van der Waals surface area (Å²) >= 11 is 2.85. The number of amides is 1. The molecular formula is C25H25N3O3S2. The maximum Gasteiger partial charge on any atom is 0.301 e. The number of carbonyl (C=O) groups excluding carboxylic acids is 2. The highest BCUT2D eigenvalue weighted by Crippen LogP contribution is 2.43. The Morgan fingerprint density at radius 3 is 2.39 bits per heavy atom. The number of benzene rings is 2. The van der Waals surface area contributed by atoms with Gasteiger partial charge in [0.25, 0.3) is 5.78 Å². The van der Waals surface area contributed by atoms with E-state index in [1.807, 2.05) is 43.3 Å². The van der Waals surface area contributed by atoms with E-state index in [1.54, 1.807) is 23.9 Å². The lowest BCUT2D eigenvalue weighted by Gasteiger charge is -2.22. The summed E-state index contributed by atoms with van der Waals surface area (Å²) in [6, 6.07) is 14.2. The van der Waals surface area contributed by atoms with E-state index in [-0.39, 0.29) is 11.3 Å². The smallest absolute Gasteiger partial charge is 0.301 e. The second kappa shape index (κ2) is 9.89. The van der Waals surface area contributed by atoms with Crippen LogP contribution in [0.15, 0.2) is 58.4 Å². The van der Waals surface area contributed by atoms with Crippen molar-refractivity contribution in [3.05, 3.63) is 76.4 Å². The lowest BCUT2D eigenvalue weighted by atomic mass is 9.94. The van der Waals surface area contributed by atoms with Crippen molar-refractivity contribution in [1.29, 1.82) is 0 Å². The van der Waals surface area contributed by atoms with Gasteiger partial charge in [-0.05, 0) is 30.9 Å². The van der Waals surface area contributed by atoms with Crippen molar-refractivity contribution in [2.45, 2.75) is 44.0 Å². The summed E-state index contributed by atoms with van der Waals surface area (Å²) in [5, 5.41) is 19.9. The molecule has 170 valence electrons. The van der Waals surface area contributed by atoms with Gasteiger partial charge in [0, 0.05) is 11.3 Å². The third-order valence-electron chi connectivity index (χ3n) is 5.50. The minimum Gasteiger partial charge on any atom is -0.507 e. The van der Waals surface area contributed by atoms with Crippen molar-refractivity contribution in [2.75, 3.05) is 10.7 Å². The molecule has 1 saturated heterocycles. The van der Waals surface area contributed by atoms with Gasteiger partial charge in [-0.15, -0.1) is 10.2 Å². The fraction of sp³-hybridized carbons (Fsp3) is 0.280. The third kappa shape index (κ3) is 4.58.